The highest BCUT2D eigenvalue weighted by Gasteiger charge is 2.34. The van der Waals surface area contributed by atoms with Gasteiger partial charge in [-0.25, -0.2) is 0 Å². The Labute approximate surface area is 117 Å². The average Bonchev–Trinajstić information content (AvgIpc) is 2.44. The van der Waals surface area contributed by atoms with E-state index in [1.54, 1.807) is 0 Å². The zero-order chi connectivity index (χ0) is 14.1. The van der Waals surface area contributed by atoms with Crippen molar-refractivity contribution >= 4 is 5.91 Å². The van der Waals surface area contributed by atoms with Crippen LogP contribution in [0.4, 0.5) is 0 Å². The molecule has 3 N–H and O–H groups in total. The number of carbonyl (C=O) groups excluding carboxylic acids is 1. The number of hydrogen-bond donors (Lipinski definition) is 2. The van der Waals surface area contributed by atoms with E-state index in [1.807, 2.05) is 0 Å². The lowest BCUT2D eigenvalue weighted by molar-refractivity contribution is -0.126. The summed E-state index contributed by atoms with van der Waals surface area (Å²) in [5, 5.41) is 3.17. The highest BCUT2D eigenvalue weighted by Crippen LogP contribution is 2.31. The Balaban J connectivity index is 2.29. The van der Waals surface area contributed by atoms with Crippen molar-refractivity contribution in [3.8, 4) is 0 Å². The number of unbranched alkanes of at least 4 members (excludes halogenated alkanes) is 2. The van der Waals surface area contributed by atoms with Gasteiger partial charge in [0.15, 0.2) is 0 Å². The lowest BCUT2D eigenvalue weighted by Crippen LogP contribution is -2.48. The van der Waals surface area contributed by atoms with Gasteiger partial charge in [0.05, 0.1) is 5.60 Å². The monoisotopic (exact) mass is 270 g/mol. The Hall–Kier alpha value is -0.610. The number of amides is 1. The van der Waals surface area contributed by atoms with Crippen LogP contribution in [0.3, 0.4) is 0 Å². The summed E-state index contributed by atoms with van der Waals surface area (Å²) >= 11 is 0. The molecule has 4 nitrogen and oxygen atoms in total. The standard InChI is InChI=1S/C15H30N2O2/c1-3-15(4-2)12-13(9-11-19-15)17-14(18)8-6-5-7-10-16/h13H,3-12,16H2,1-2H3,(H,17,18). The molecule has 19 heavy (non-hydrogen) atoms. The molecule has 1 amide bonds. The van der Waals surface area contributed by atoms with E-state index < -0.39 is 0 Å². The number of carbonyl (C=O) groups is 1. The molecule has 0 aromatic heterocycles. The van der Waals surface area contributed by atoms with Gasteiger partial charge in [-0.2, -0.15) is 0 Å². The van der Waals surface area contributed by atoms with Gasteiger partial charge < -0.3 is 15.8 Å². The minimum atomic E-state index is -0.0181. The van der Waals surface area contributed by atoms with Crippen molar-refractivity contribution in [3.05, 3.63) is 0 Å². The van der Waals surface area contributed by atoms with Gasteiger partial charge >= 0.3 is 0 Å². The van der Waals surface area contributed by atoms with E-state index in [0.717, 1.165) is 58.1 Å². The van der Waals surface area contributed by atoms with Crippen LogP contribution in [-0.2, 0) is 9.53 Å². The van der Waals surface area contributed by atoms with Gasteiger partial charge in [0, 0.05) is 19.1 Å². The topological polar surface area (TPSA) is 64.4 Å². The second-order valence-electron chi connectivity index (χ2n) is 5.60. The maximum Gasteiger partial charge on any atom is 0.220 e. The van der Waals surface area contributed by atoms with E-state index in [2.05, 4.69) is 19.2 Å². The summed E-state index contributed by atoms with van der Waals surface area (Å²) in [5.74, 6) is 0.185. The van der Waals surface area contributed by atoms with Crippen LogP contribution in [0.1, 0.15) is 65.2 Å². The SMILES string of the molecule is CCC1(CC)CC(NC(=O)CCCCCN)CCO1. The fourth-order valence-corrected chi connectivity index (χ4v) is 2.80. The van der Waals surface area contributed by atoms with Crippen LogP contribution in [0, 0.1) is 0 Å². The molecule has 0 spiro atoms. The Kier molecular flexibility index (Phi) is 7.39. The van der Waals surface area contributed by atoms with Crippen molar-refractivity contribution in [1.29, 1.82) is 0 Å². The predicted octanol–water partition coefficient (Wildman–Crippen LogP) is 2.36. The molecule has 1 heterocycles. The molecule has 1 unspecified atom stereocenters. The number of nitrogens with one attached hydrogen (secondary N) is 1. The van der Waals surface area contributed by atoms with Crippen LogP contribution in [0.5, 0.6) is 0 Å². The van der Waals surface area contributed by atoms with Crippen LogP contribution in [0.2, 0.25) is 0 Å². The molecule has 0 radical (unpaired) electrons. The normalized spacial score (nSPS) is 22.2. The molecule has 0 aliphatic carbocycles. The first-order valence-electron chi connectivity index (χ1n) is 7.79. The summed E-state index contributed by atoms with van der Waals surface area (Å²) < 4.78 is 5.92. The summed E-state index contributed by atoms with van der Waals surface area (Å²) in [5.41, 5.74) is 5.42. The number of hydrogen-bond acceptors (Lipinski definition) is 3. The van der Waals surface area contributed by atoms with Crippen molar-refractivity contribution < 1.29 is 9.53 Å². The fraction of sp³-hybridized carbons (Fsp3) is 0.933. The van der Waals surface area contributed by atoms with E-state index in [-0.39, 0.29) is 17.6 Å². The lowest BCUT2D eigenvalue weighted by Gasteiger charge is -2.40. The van der Waals surface area contributed by atoms with Gasteiger partial charge in [0.1, 0.15) is 0 Å². The summed E-state index contributed by atoms with van der Waals surface area (Å²) in [6, 6.07) is 0.288. The number of ether oxygens (including phenoxy) is 1. The zero-order valence-corrected chi connectivity index (χ0v) is 12.5. The van der Waals surface area contributed by atoms with Crippen molar-refractivity contribution in [2.75, 3.05) is 13.2 Å². The van der Waals surface area contributed by atoms with Gasteiger partial charge in [-0.15, -0.1) is 0 Å². The van der Waals surface area contributed by atoms with Crippen molar-refractivity contribution in [1.82, 2.24) is 5.32 Å². The van der Waals surface area contributed by atoms with Gasteiger partial charge in [0.2, 0.25) is 5.91 Å². The van der Waals surface area contributed by atoms with Gasteiger partial charge in [0.25, 0.3) is 0 Å². The largest absolute Gasteiger partial charge is 0.375 e. The first-order chi connectivity index (χ1) is 9.15. The van der Waals surface area contributed by atoms with Crippen LogP contribution < -0.4 is 11.1 Å². The molecule has 1 rings (SSSR count). The first kappa shape index (κ1) is 16.4. The highest BCUT2D eigenvalue weighted by molar-refractivity contribution is 5.76. The second kappa shape index (κ2) is 8.54. The van der Waals surface area contributed by atoms with Gasteiger partial charge in [-0.05, 0) is 45.1 Å². The Morgan fingerprint density at radius 3 is 2.68 bits per heavy atom. The van der Waals surface area contributed by atoms with E-state index in [1.165, 1.54) is 0 Å². The third kappa shape index (κ3) is 5.49. The van der Waals surface area contributed by atoms with Crippen LogP contribution in [-0.4, -0.2) is 30.7 Å². The lowest BCUT2D eigenvalue weighted by atomic mass is 9.86. The molecule has 0 aromatic carbocycles. The van der Waals surface area contributed by atoms with Gasteiger partial charge in [-0.1, -0.05) is 20.3 Å². The van der Waals surface area contributed by atoms with Gasteiger partial charge in [-0.3, -0.25) is 4.79 Å². The Morgan fingerprint density at radius 2 is 2.05 bits per heavy atom. The summed E-state index contributed by atoms with van der Waals surface area (Å²) in [7, 11) is 0. The zero-order valence-electron chi connectivity index (χ0n) is 12.5. The molecular formula is C15H30N2O2. The molecule has 1 aliphatic rings. The van der Waals surface area contributed by atoms with Crippen LogP contribution in [0.15, 0.2) is 0 Å². The molecule has 1 atom stereocenters. The quantitative estimate of drug-likeness (QED) is 0.665. The summed E-state index contributed by atoms with van der Waals surface area (Å²) in [6.45, 7) is 5.82. The fourth-order valence-electron chi connectivity index (χ4n) is 2.80. The molecule has 1 saturated heterocycles. The Bertz CT molecular complexity index is 265. The molecule has 1 fully saturated rings. The molecular weight excluding hydrogens is 240 g/mol. The average molecular weight is 270 g/mol. The Morgan fingerprint density at radius 1 is 1.32 bits per heavy atom. The predicted molar refractivity (Wildman–Crippen MR) is 78.0 cm³/mol. The van der Waals surface area contributed by atoms with E-state index >= 15 is 0 Å². The van der Waals surface area contributed by atoms with Crippen LogP contribution >= 0.6 is 0 Å². The maximum atomic E-state index is 11.9. The van der Waals surface area contributed by atoms with E-state index in [0.29, 0.717) is 6.42 Å². The third-order valence-corrected chi connectivity index (χ3v) is 4.25. The van der Waals surface area contributed by atoms with Crippen molar-refractivity contribution in [3.63, 3.8) is 0 Å². The molecule has 0 aromatic rings. The molecule has 1 aliphatic heterocycles. The van der Waals surface area contributed by atoms with Crippen molar-refractivity contribution in [2.45, 2.75) is 76.9 Å². The minimum Gasteiger partial charge on any atom is -0.375 e. The molecule has 112 valence electrons. The summed E-state index contributed by atoms with van der Waals surface area (Å²) in [6.07, 6.45) is 7.57. The minimum absolute atomic E-state index is 0.0181. The van der Waals surface area contributed by atoms with Crippen LogP contribution in [0.25, 0.3) is 0 Å². The third-order valence-electron chi connectivity index (χ3n) is 4.25. The smallest absolute Gasteiger partial charge is 0.220 e. The molecule has 4 heteroatoms. The summed E-state index contributed by atoms with van der Waals surface area (Å²) in [4.78, 5) is 11.9. The number of rotatable bonds is 8. The highest BCUT2D eigenvalue weighted by atomic mass is 16.5. The second-order valence-corrected chi connectivity index (χ2v) is 5.60. The number of nitrogens with two attached hydrogens (primary N) is 1. The van der Waals surface area contributed by atoms with Crippen molar-refractivity contribution in [2.24, 2.45) is 5.73 Å². The molecule has 0 saturated carbocycles. The van der Waals surface area contributed by atoms with E-state index in [9.17, 15) is 4.79 Å². The molecule has 0 bridgehead atoms. The maximum absolute atomic E-state index is 11.9. The van der Waals surface area contributed by atoms with E-state index in [4.69, 9.17) is 10.5 Å². The first-order valence-corrected chi connectivity index (χ1v) is 7.79.